The van der Waals surface area contributed by atoms with Crippen molar-refractivity contribution in [2.24, 2.45) is 7.05 Å². The summed E-state index contributed by atoms with van der Waals surface area (Å²) < 4.78 is 7.97. The van der Waals surface area contributed by atoms with E-state index in [-0.39, 0.29) is 23.5 Å². The van der Waals surface area contributed by atoms with Crippen LogP contribution in [0.2, 0.25) is 0 Å². The highest BCUT2D eigenvalue weighted by Crippen LogP contribution is 2.40. The van der Waals surface area contributed by atoms with Gasteiger partial charge in [-0.15, -0.1) is 0 Å². The van der Waals surface area contributed by atoms with Crippen molar-refractivity contribution >= 4 is 11.8 Å². The monoisotopic (exact) mass is 374 g/mol. The van der Waals surface area contributed by atoms with Crippen molar-refractivity contribution in [2.45, 2.75) is 70.1 Å². The topological polar surface area (TPSA) is 67.7 Å². The number of hydrogen-bond donors (Lipinski definition) is 0. The van der Waals surface area contributed by atoms with E-state index in [0.717, 1.165) is 44.2 Å². The fraction of sp³-hybridized carbons (Fsp3) is 0.750. The highest BCUT2D eigenvalue weighted by atomic mass is 16.5. The molecule has 2 saturated heterocycles. The summed E-state index contributed by atoms with van der Waals surface area (Å²) in [5, 5.41) is 4.32. The lowest BCUT2D eigenvalue weighted by Gasteiger charge is -2.48. The van der Waals surface area contributed by atoms with Gasteiger partial charge in [-0.3, -0.25) is 14.3 Å². The first-order valence-electron chi connectivity index (χ1n) is 10.1. The maximum atomic E-state index is 12.8. The van der Waals surface area contributed by atoms with Gasteiger partial charge in [0, 0.05) is 51.4 Å². The largest absolute Gasteiger partial charge is 0.375 e. The Morgan fingerprint density at radius 2 is 1.93 bits per heavy atom. The van der Waals surface area contributed by atoms with Gasteiger partial charge in [-0.1, -0.05) is 0 Å². The van der Waals surface area contributed by atoms with Gasteiger partial charge >= 0.3 is 0 Å². The SMILES string of the molecule is CC(=O)N(C1CC1)C1CCOC2(CCN(C(=O)c3cc(C)n(C)n3)CC2)C1. The molecule has 0 bridgehead atoms. The Labute approximate surface area is 160 Å². The average Bonchev–Trinajstić information content (AvgIpc) is 3.40. The van der Waals surface area contributed by atoms with E-state index in [0.29, 0.717) is 31.4 Å². The second-order valence-corrected chi connectivity index (χ2v) is 8.42. The molecule has 3 heterocycles. The third kappa shape index (κ3) is 3.61. The van der Waals surface area contributed by atoms with Crippen LogP contribution in [0.3, 0.4) is 0 Å². The molecular formula is C20H30N4O3. The molecule has 0 N–H and O–H groups in total. The molecule has 148 valence electrons. The van der Waals surface area contributed by atoms with E-state index in [9.17, 15) is 9.59 Å². The van der Waals surface area contributed by atoms with Crippen LogP contribution in [-0.4, -0.2) is 68.8 Å². The molecule has 1 aliphatic carbocycles. The summed E-state index contributed by atoms with van der Waals surface area (Å²) >= 11 is 0. The van der Waals surface area contributed by atoms with Crippen LogP contribution in [0.15, 0.2) is 6.07 Å². The molecule has 7 nitrogen and oxygen atoms in total. The van der Waals surface area contributed by atoms with E-state index in [4.69, 9.17) is 4.74 Å². The summed E-state index contributed by atoms with van der Waals surface area (Å²) in [6, 6.07) is 2.57. The fourth-order valence-corrected chi connectivity index (χ4v) is 4.70. The number of nitrogens with zero attached hydrogens (tertiary/aromatic N) is 4. The van der Waals surface area contributed by atoms with Crippen molar-refractivity contribution in [3.63, 3.8) is 0 Å². The van der Waals surface area contributed by atoms with Crippen LogP contribution in [0.1, 0.15) is 61.6 Å². The lowest BCUT2D eigenvalue weighted by molar-refractivity contribution is -0.148. The number of carbonyl (C=O) groups is 2. The van der Waals surface area contributed by atoms with Crippen LogP contribution in [-0.2, 0) is 16.6 Å². The van der Waals surface area contributed by atoms with E-state index < -0.39 is 0 Å². The van der Waals surface area contributed by atoms with Crippen molar-refractivity contribution in [3.8, 4) is 0 Å². The molecule has 0 aromatic carbocycles. The molecular weight excluding hydrogens is 344 g/mol. The zero-order chi connectivity index (χ0) is 19.2. The van der Waals surface area contributed by atoms with Crippen LogP contribution in [0.5, 0.6) is 0 Å². The molecule has 1 aromatic heterocycles. The Morgan fingerprint density at radius 3 is 2.48 bits per heavy atom. The molecule has 1 aromatic rings. The Hall–Kier alpha value is -1.89. The number of amides is 2. The highest BCUT2D eigenvalue weighted by Gasteiger charge is 2.45. The number of aryl methyl sites for hydroxylation is 2. The molecule has 27 heavy (non-hydrogen) atoms. The van der Waals surface area contributed by atoms with Crippen molar-refractivity contribution in [1.82, 2.24) is 19.6 Å². The number of hydrogen-bond acceptors (Lipinski definition) is 4. The molecule has 3 fully saturated rings. The molecule has 1 atom stereocenters. The molecule has 7 heteroatoms. The van der Waals surface area contributed by atoms with Gasteiger partial charge in [-0.2, -0.15) is 5.10 Å². The van der Waals surface area contributed by atoms with Gasteiger partial charge < -0.3 is 14.5 Å². The average molecular weight is 374 g/mol. The predicted octanol–water partition coefficient (Wildman–Crippen LogP) is 1.89. The Morgan fingerprint density at radius 1 is 1.22 bits per heavy atom. The van der Waals surface area contributed by atoms with Crippen molar-refractivity contribution in [1.29, 1.82) is 0 Å². The molecule has 1 saturated carbocycles. The van der Waals surface area contributed by atoms with E-state index >= 15 is 0 Å². The third-order valence-electron chi connectivity index (χ3n) is 6.46. The summed E-state index contributed by atoms with van der Waals surface area (Å²) in [5.74, 6) is 0.196. The zero-order valence-electron chi connectivity index (χ0n) is 16.6. The van der Waals surface area contributed by atoms with Crippen molar-refractivity contribution in [2.75, 3.05) is 19.7 Å². The van der Waals surface area contributed by atoms with E-state index in [2.05, 4.69) is 10.00 Å². The van der Waals surface area contributed by atoms with Crippen LogP contribution in [0, 0.1) is 6.92 Å². The van der Waals surface area contributed by atoms with E-state index in [1.807, 2.05) is 24.9 Å². The zero-order valence-corrected chi connectivity index (χ0v) is 16.6. The van der Waals surface area contributed by atoms with E-state index in [1.165, 1.54) is 0 Å². The minimum Gasteiger partial charge on any atom is -0.375 e. The van der Waals surface area contributed by atoms with Crippen LogP contribution in [0.4, 0.5) is 0 Å². The van der Waals surface area contributed by atoms with Crippen molar-refractivity contribution < 1.29 is 14.3 Å². The summed E-state index contributed by atoms with van der Waals surface area (Å²) in [6.07, 6.45) is 5.75. The van der Waals surface area contributed by atoms with Gasteiger partial charge in [0.05, 0.1) is 5.60 Å². The van der Waals surface area contributed by atoms with Gasteiger partial charge in [0.1, 0.15) is 0 Å². The Kier molecular flexibility index (Phi) is 4.74. The quantitative estimate of drug-likeness (QED) is 0.810. The van der Waals surface area contributed by atoms with Gasteiger partial charge in [0.25, 0.3) is 5.91 Å². The molecule has 0 radical (unpaired) electrons. The van der Waals surface area contributed by atoms with Gasteiger partial charge in [0.15, 0.2) is 5.69 Å². The number of carbonyl (C=O) groups excluding carboxylic acids is 2. The summed E-state index contributed by atoms with van der Waals surface area (Å²) in [4.78, 5) is 28.9. The van der Waals surface area contributed by atoms with Crippen molar-refractivity contribution in [3.05, 3.63) is 17.5 Å². The second-order valence-electron chi connectivity index (χ2n) is 8.42. The minimum atomic E-state index is -0.192. The molecule has 1 unspecified atom stereocenters. The molecule has 1 spiro atoms. The number of piperidine rings is 1. The fourth-order valence-electron chi connectivity index (χ4n) is 4.70. The van der Waals surface area contributed by atoms with Gasteiger partial charge in [-0.05, 0) is 51.5 Å². The van der Waals surface area contributed by atoms with Crippen LogP contribution < -0.4 is 0 Å². The molecule has 2 aliphatic heterocycles. The number of ether oxygens (including phenoxy) is 1. The van der Waals surface area contributed by atoms with Crippen LogP contribution >= 0.6 is 0 Å². The molecule has 2 amide bonds. The molecule has 4 rings (SSSR count). The standard InChI is InChI=1S/C20H30N4O3/c1-14-12-18(21-22(14)3)19(26)23-9-7-20(8-10-23)13-17(6-11-27-20)24(15(2)25)16-4-5-16/h12,16-17H,4-11,13H2,1-3H3. The molecule has 3 aliphatic rings. The second kappa shape index (κ2) is 6.93. The first kappa shape index (κ1) is 18.5. The van der Waals surface area contributed by atoms with Crippen LogP contribution in [0.25, 0.3) is 0 Å². The highest BCUT2D eigenvalue weighted by molar-refractivity contribution is 5.92. The minimum absolute atomic E-state index is 0.00394. The number of rotatable bonds is 3. The number of likely N-dealkylation sites (tertiary alicyclic amines) is 1. The lowest BCUT2D eigenvalue weighted by atomic mass is 9.81. The smallest absolute Gasteiger partial charge is 0.274 e. The summed E-state index contributed by atoms with van der Waals surface area (Å²) in [7, 11) is 1.86. The Balaban J connectivity index is 1.40. The van der Waals surface area contributed by atoms with Gasteiger partial charge in [0.2, 0.25) is 5.91 Å². The normalized spacial score (nSPS) is 24.9. The summed E-state index contributed by atoms with van der Waals surface area (Å²) in [6.45, 7) is 5.71. The predicted molar refractivity (Wildman–Crippen MR) is 100 cm³/mol. The Bertz CT molecular complexity index is 712. The maximum absolute atomic E-state index is 12.8. The third-order valence-corrected chi connectivity index (χ3v) is 6.46. The van der Waals surface area contributed by atoms with Gasteiger partial charge in [-0.25, -0.2) is 0 Å². The maximum Gasteiger partial charge on any atom is 0.274 e. The van der Waals surface area contributed by atoms with E-state index in [1.54, 1.807) is 11.6 Å². The summed E-state index contributed by atoms with van der Waals surface area (Å²) in [5.41, 5.74) is 1.31. The number of aromatic nitrogens is 2. The first-order chi connectivity index (χ1) is 12.9. The first-order valence-corrected chi connectivity index (χ1v) is 10.1. The lowest BCUT2D eigenvalue weighted by Crippen LogP contribution is -2.55.